The third kappa shape index (κ3) is 6.02. The summed E-state index contributed by atoms with van der Waals surface area (Å²) in [5, 5.41) is 0.451. The number of benzene rings is 1. The van der Waals surface area contributed by atoms with Gasteiger partial charge in [-0.15, -0.1) is 0 Å². The maximum Gasteiger partial charge on any atom is 0.137 e. The molecule has 112 valence electrons. The van der Waals surface area contributed by atoms with Crippen LogP contribution in [0.4, 0.5) is 4.39 Å². The first kappa shape index (κ1) is 17.1. The average molecular weight is 300 g/mol. The van der Waals surface area contributed by atoms with Crippen molar-refractivity contribution in [3.05, 3.63) is 34.6 Å². The van der Waals surface area contributed by atoms with Crippen LogP contribution in [0, 0.1) is 11.7 Å². The fraction of sp³-hybridized carbons (Fsp3) is 0.562. The van der Waals surface area contributed by atoms with E-state index in [1.807, 2.05) is 0 Å². The molecule has 0 bridgehead atoms. The van der Waals surface area contributed by atoms with Crippen molar-refractivity contribution in [2.75, 3.05) is 6.54 Å². The van der Waals surface area contributed by atoms with Gasteiger partial charge < -0.3 is 5.73 Å². The van der Waals surface area contributed by atoms with Gasteiger partial charge in [0.1, 0.15) is 11.6 Å². The summed E-state index contributed by atoms with van der Waals surface area (Å²) in [6.45, 7) is 2.80. The van der Waals surface area contributed by atoms with Crippen molar-refractivity contribution < 1.29 is 9.18 Å². The van der Waals surface area contributed by atoms with Crippen molar-refractivity contribution in [2.45, 2.75) is 45.4 Å². The maximum atomic E-state index is 13.1. The van der Waals surface area contributed by atoms with Gasteiger partial charge in [-0.3, -0.25) is 4.79 Å². The molecule has 1 aromatic rings. The molecule has 0 aliphatic carbocycles. The van der Waals surface area contributed by atoms with Gasteiger partial charge in [-0.25, -0.2) is 4.39 Å². The first-order chi connectivity index (χ1) is 9.56. The topological polar surface area (TPSA) is 43.1 Å². The third-order valence-electron chi connectivity index (χ3n) is 3.50. The molecule has 0 amide bonds. The highest BCUT2D eigenvalue weighted by molar-refractivity contribution is 6.31. The molecule has 0 fully saturated rings. The van der Waals surface area contributed by atoms with E-state index in [0.717, 1.165) is 25.7 Å². The van der Waals surface area contributed by atoms with E-state index < -0.39 is 0 Å². The Morgan fingerprint density at radius 3 is 2.75 bits per heavy atom. The summed E-state index contributed by atoms with van der Waals surface area (Å²) < 4.78 is 13.1. The number of nitrogens with two attached hydrogens (primary N) is 1. The molecule has 1 aromatic carbocycles. The lowest BCUT2D eigenvalue weighted by molar-refractivity contribution is -0.118. The van der Waals surface area contributed by atoms with Gasteiger partial charge in [0.05, 0.1) is 0 Å². The molecule has 0 aromatic heterocycles. The van der Waals surface area contributed by atoms with Crippen LogP contribution in [0.3, 0.4) is 0 Å². The molecule has 2 N–H and O–H groups in total. The lowest BCUT2D eigenvalue weighted by atomic mass is 9.92. The molecular formula is C16H23ClFNO. The third-order valence-corrected chi connectivity index (χ3v) is 3.87. The van der Waals surface area contributed by atoms with Crippen molar-refractivity contribution in [3.8, 4) is 0 Å². The number of hydrogen-bond acceptors (Lipinski definition) is 2. The molecule has 0 heterocycles. The van der Waals surface area contributed by atoms with E-state index in [1.54, 1.807) is 0 Å². The van der Waals surface area contributed by atoms with Gasteiger partial charge in [0.25, 0.3) is 0 Å². The molecule has 0 radical (unpaired) electrons. The van der Waals surface area contributed by atoms with E-state index >= 15 is 0 Å². The fourth-order valence-corrected chi connectivity index (χ4v) is 2.61. The van der Waals surface area contributed by atoms with E-state index in [4.69, 9.17) is 17.3 Å². The number of Topliss-reactive ketones (excluding diaryl/α,β-unsaturated/α-hetero) is 1. The predicted molar refractivity (Wildman–Crippen MR) is 81.4 cm³/mol. The van der Waals surface area contributed by atoms with Gasteiger partial charge >= 0.3 is 0 Å². The van der Waals surface area contributed by atoms with Gasteiger partial charge in [-0.1, -0.05) is 31.4 Å². The second-order valence-corrected chi connectivity index (χ2v) is 5.63. The highest BCUT2D eigenvalue weighted by Gasteiger charge is 2.12. The Hall–Kier alpha value is -0.930. The van der Waals surface area contributed by atoms with Gasteiger partial charge in [0.15, 0.2) is 0 Å². The van der Waals surface area contributed by atoms with Crippen molar-refractivity contribution in [1.29, 1.82) is 0 Å². The van der Waals surface area contributed by atoms with Crippen LogP contribution in [-0.2, 0) is 11.2 Å². The standard InChI is InChI=1S/C16H23ClFNO/c1-2-3-12(8-9-19)4-6-15(20)11-13-10-14(18)5-7-16(13)17/h5,7,10,12H,2-4,6,8-9,11,19H2,1H3. The monoisotopic (exact) mass is 299 g/mol. The zero-order valence-electron chi connectivity index (χ0n) is 12.0. The number of carbonyl (C=O) groups excluding carboxylic acids is 1. The van der Waals surface area contributed by atoms with Crippen LogP contribution in [0.25, 0.3) is 0 Å². The first-order valence-corrected chi connectivity index (χ1v) is 7.60. The van der Waals surface area contributed by atoms with Crippen LogP contribution in [0.5, 0.6) is 0 Å². The minimum atomic E-state index is -0.357. The molecule has 1 atom stereocenters. The zero-order chi connectivity index (χ0) is 15.0. The van der Waals surface area contributed by atoms with Crippen LogP contribution in [0.1, 0.15) is 44.6 Å². The van der Waals surface area contributed by atoms with Crippen LogP contribution < -0.4 is 5.73 Å². The van der Waals surface area contributed by atoms with Crippen LogP contribution in [-0.4, -0.2) is 12.3 Å². The molecule has 0 saturated carbocycles. The Morgan fingerprint density at radius 1 is 1.35 bits per heavy atom. The fourth-order valence-electron chi connectivity index (χ4n) is 2.42. The molecule has 1 rings (SSSR count). The van der Waals surface area contributed by atoms with E-state index in [0.29, 0.717) is 29.5 Å². The highest BCUT2D eigenvalue weighted by Crippen LogP contribution is 2.21. The molecule has 20 heavy (non-hydrogen) atoms. The zero-order valence-corrected chi connectivity index (χ0v) is 12.8. The summed E-state index contributed by atoms with van der Waals surface area (Å²) in [5.41, 5.74) is 6.15. The van der Waals surface area contributed by atoms with Crippen molar-refractivity contribution in [2.24, 2.45) is 11.7 Å². The second-order valence-electron chi connectivity index (χ2n) is 5.22. The summed E-state index contributed by atoms with van der Waals surface area (Å²) in [6, 6.07) is 4.13. The number of hydrogen-bond donors (Lipinski definition) is 1. The summed E-state index contributed by atoms with van der Waals surface area (Å²) in [7, 11) is 0. The van der Waals surface area contributed by atoms with E-state index in [2.05, 4.69) is 6.92 Å². The largest absolute Gasteiger partial charge is 0.330 e. The Kier molecular flexibility index (Phi) is 7.78. The molecule has 0 aliphatic heterocycles. The van der Waals surface area contributed by atoms with Gasteiger partial charge in [0.2, 0.25) is 0 Å². The molecule has 4 heteroatoms. The maximum absolute atomic E-state index is 13.1. The summed E-state index contributed by atoms with van der Waals surface area (Å²) in [6.07, 6.45) is 4.74. The van der Waals surface area contributed by atoms with Crippen LogP contribution in [0.2, 0.25) is 5.02 Å². The molecular weight excluding hydrogens is 277 g/mol. The average Bonchev–Trinajstić information content (AvgIpc) is 2.41. The summed E-state index contributed by atoms with van der Waals surface area (Å²) in [5.74, 6) is 0.261. The van der Waals surface area contributed by atoms with E-state index in [-0.39, 0.29) is 18.0 Å². The molecule has 2 nitrogen and oxygen atoms in total. The Morgan fingerprint density at radius 2 is 2.10 bits per heavy atom. The Balaban J connectivity index is 2.48. The number of ketones is 1. The number of carbonyl (C=O) groups is 1. The first-order valence-electron chi connectivity index (χ1n) is 7.22. The number of halogens is 2. The minimum Gasteiger partial charge on any atom is -0.330 e. The second kappa shape index (κ2) is 9.09. The van der Waals surface area contributed by atoms with Crippen LogP contribution >= 0.6 is 11.6 Å². The molecule has 0 spiro atoms. The smallest absolute Gasteiger partial charge is 0.137 e. The van der Waals surface area contributed by atoms with Gasteiger partial charge in [0, 0.05) is 17.9 Å². The summed E-state index contributed by atoms with van der Waals surface area (Å²) in [4.78, 5) is 12.0. The number of rotatable bonds is 9. The minimum absolute atomic E-state index is 0.107. The van der Waals surface area contributed by atoms with Gasteiger partial charge in [-0.2, -0.15) is 0 Å². The lowest BCUT2D eigenvalue weighted by Crippen LogP contribution is -2.12. The highest BCUT2D eigenvalue weighted by atomic mass is 35.5. The predicted octanol–water partition coefficient (Wildman–Crippen LogP) is 4.14. The Labute approximate surface area is 125 Å². The van der Waals surface area contributed by atoms with E-state index in [1.165, 1.54) is 18.2 Å². The van der Waals surface area contributed by atoms with Gasteiger partial charge in [-0.05, 0) is 49.1 Å². The van der Waals surface area contributed by atoms with Crippen molar-refractivity contribution in [1.82, 2.24) is 0 Å². The normalized spacial score (nSPS) is 12.4. The SMILES string of the molecule is CCCC(CCN)CCC(=O)Cc1cc(F)ccc1Cl. The molecule has 0 saturated heterocycles. The van der Waals surface area contributed by atoms with Crippen molar-refractivity contribution in [3.63, 3.8) is 0 Å². The lowest BCUT2D eigenvalue weighted by Gasteiger charge is -2.14. The molecule has 0 aliphatic rings. The van der Waals surface area contributed by atoms with Crippen molar-refractivity contribution >= 4 is 17.4 Å². The van der Waals surface area contributed by atoms with E-state index in [9.17, 15) is 9.18 Å². The Bertz CT molecular complexity index is 430. The summed E-state index contributed by atoms with van der Waals surface area (Å²) >= 11 is 5.97. The van der Waals surface area contributed by atoms with Crippen LogP contribution in [0.15, 0.2) is 18.2 Å². The quantitative estimate of drug-likeness (QED) is 0.745. The molecule has 1 unspecified atom stereocenters.